The standard InChI is InChI=1S/C18H13ClF3NOS/c1-23-17-14(11-7-8-13(19)12(9-11)18(20,21)22)15(24)16(25-17)10-5-3-2-4-6-10/h2-9,23-24H,1H3. The molecule has 0 radical (unpaired) electrons. The molecule has 0 aliphatic rings. The molecule has 3 aromatic rings. The van der Waals surface area contributed by atoms with E-state index in [1.54, 1.807) is 7.05 Å². The first-order valence-corrected chi connectivity index (χ1v) is 8.48. The van der Waals surface area contributed by atoms with Gasteiger partial charge < -0.3 is 10.4 Å². The highest BCUT2D eigenvalue weighted by Crippen LogP contribution is 2.51. The Bertz CT molecular complexity index is 907. The average molecular weight is 384 g/mol. The van der Waals surface area contributed by atoms with Crippen LogP contribution in [0.1, 0.15) is 5.56 Å². The number of hydrogen-bond acceptors (Lipinski definition) is 3. The van der Waals surface area contributed by atoms with Gasteiger partial charge in [-0.1, -0.05) is 48.0 Å². The summed E-state index contributed by atoms with van der Waals surface area (Å²) in [5.74, 6) is -0.0593. The van der Waals surface area contributed by atoms with E-state index < -0.39 is 11.7 Å². The van der Waals surface area contributed by atoms with Gasteiger partial charge in [0.2, 0.25) is 0 Å². The van der Waals surface area contributed by atoms with Crippen molar-refractivity contribution in [1.29, 1.82) is 0 Å². The topological polar surface area (TPSA) is 32.3 Å². The van der Waals surface area contributed by atoms with Gasteiger partial charge in [-0.15, -0.1) is 11.3 Å². The van der Waals surface area contributed by atoms with Crippen LogP contribution >= 0.6 is 22.9 Å². The zero-order valence-electron chi connectivity index (χ0n) is 13.0. The smallest absolute Gasteiger partial charge is 0.417 e. The summed E-state index contributed by atoms with van der Waals surface area (Å²) in [4.78, 5) is 0.587. The van der Waals surface area contributed by atoms with Gasteiger partial charge in [0.1, 0.15) is 10.8 Å². The van der Waals surface area contributed by atoms with E-state index in [4.69, 9.17) is 11.6 Å². The normalized spacial score (nSPS) is 11.6. The van der Waals surface area contributed by atoms with Gasteiger partial charge in [-0.05, 0) is 23.3 Å². The quantitative estimate of drug-likeness (QED) is 0.541. The van der Waals surface area contributed by atoms with Crippen molar-refractivity contribution in [2.45, 2.75) is 6.18 Å². The van der Waals surface area contributed by atoms with Crippen LogP contribution in [0.4, 0.5) is 18.2 Å². The van der Waals surface area contributed by atoms with E-state index in [1.165, 1.54) is 23.5 Å². The van der Waals surface area contributed by atoms with Gasteiger partial charge >= 0.3 is 6.18 Å². The lowest BCUT2D eigenvalue weighted by molar-refractivity contribution is -0.137. The fourth-order valence-electron chi connectivity index (χ4n) is 2.55. The molecule has 2 nitrogen and oxygen atoms in total. The second-order valence-electron chi connectivity index (χ2n) is 5.29. The van der Waals surface area contributed by atoms with E-state index in [0.29, 0.717) is 15.4 Å². The average Bonchev–Trinajstić information content (AvgIpc) is 2.92. The molecule has 0 aliphatic heterocycles. The highest BCUT2D eigenvalue weighted by Gasteiger charge is 2.34. The molecule has 25 heavy (non-hydrogen) atoms. The Morgan fingerprint density at radius 2 is 1.72 bits per heavy atom. The molecule has 0 saturated carbocycles. The number of anilines is 1. The Labute approximate surface area is 151 Å². The van der Waals surface area contributed by atoms with Crippen LogP contribution < -0.4 is 5.32 Å². The number of benzene rings is 2. The summed E-state index contributed by atoms with van der Waals surface area (Å²) in [6.07, 6.45) is -4.57. The van der Waals surface area contributed by atoms with Crippen molar-refractivity contribution < 1.29 is 18.3 Å². The highest BCUT2D eigenvalue weighted by molar-refractivity contribution is 7.20. The molecule has 0 unspecified atom stereocenters. The molecule has 130 valence electrons. The van der Waals surface area contributed by atoms with Gasteiger partial charge in [-0.25, -0.2) is 0 Å². The van der Waals surface area contributed by atoms with E-state index in [1.807, 2.05) is 30.3 Å². The van der Waals surface area contributed by atoms with Crippen LogP contribution in [0.15, 0.2) is 48.5 Å². The van der Waals surface area contributed by atoms with Gasteiger partial charge in [0, 0.05) is 7.05 Å². The number of thiophene rings is 1. The summed E-state index contributed by atoms with van der Waals surface area (Å²) in [5, 5.41) is 13.8. The predicted molar refractivity (Wildman–Crippen MR) is 96.4 cm³/mol. The summed E-state index contributed by atoms with van der Waals surface area (Å²) in [6.45, 7) is 0. The Balaban J connectivity index is 2.20. The Morgan fingerprint density at radius 1 is 1.04 bits per heavy atom. The van der Waals surface area contributed by atoms with Crippen molar-refractivity contribution in [3.63, 3.8) is 0 Å². The van der Waals surface area contributed by atoms with Crippen LogP contribution in [-0.2, 0) is 6.18 Å². The second kappa shape index (κ2) is 6.61. The molecule has 0 fully saturated rings. The van der Waals surface area contributed by atoms with E-state index in [0.717, 1.165) is 11.6 Å². The third kappa shape index (κ3) is 3.32. The molecule has 0 bridgehead atoms. The molecular formula is C18H13ClF3NOS. The van der Waals surface area contributed by atoms with Gasteiger partial charge in [0.05, 0.1) is 21.0 Å². The molecule has 2 N–H and O–H groups in total. The SMILES string of the molecule is CNc1sc(-c2ccccc2)c(O)c1-c1ccc(Cl)c(C(F)(F)F)c1. The molecule has 0 atom stereocenters. The minimum Gasteiger partial charge on any atom is -0.506 e. The first-order valence-electron chi connectivity index (χ1n) is 7.29. The maximum atomic E-state index is 13.1. The Kier molecular flexibility index (Phi) is 4.67. The van der Waals surface area contributed by atoms with Crippen molar-refractivity contribution in [3.05, 3.63) is 59.1 Å². The van der Waals surface area contributed by atoms with E-state index in [2.05, 4.69) is 5.32 Å². The van der Waals surface area contributed by atoms with E-state index >= 15 is 0 Å². The first kappa shape index (κ1) is 17.6. The van der Waals surface area contributed by atoms with Crippen molar-refractivity contribution in [2.75, 3.05) is 12.4 Å². The summed E-state index contributed by atoms with van der Waals surface area (Å²) in [7, 11) is 1.66. The molecule has 1 heterocycles. The van der Waals surface area contributed by atoms with Gasteiger partial charge in [0.15, 0.2) is 0 Å². The number of rotatable bonds is 3. The van der Waals surface area contributed by atoms with Crippen molar-refractivity contribution in [2.24, 2.45) is 0 Å². The number of aromatic hydroxyl groups is 1. The van der Waals surface area contributed by atoms with Crippen LogP contribution in [-0.4, -0.2) is 12.2 Å². The number of halogens is 4. The molecule has 7 heteroatoms. The lowest BCUT2D eigenvalue weighted by Crippen LogP contribution is -2.06. The lowest BCUT2D eigenvalue weighted by atomic mass is 10.0. The fourth-order valence-corrected chi connectivity index (χ4v) is 3.85. The van der Waals surface area contributed by atoms with Crippen molar-refractivity contribution in [3.8, 4) is 27.3 Å². The number of alkyl halides is 3. The van der Waals surface area contributed by atoms with Crippen LogP contribution in [0.3, 0.4) is 0 Å². The highest BCUT2D eigenvalue weighted by atomic mass is 35.5. The molecule has 0 amide bonds. The van der Waals surface area contributed by atoms with Crippen LogP contribution in [0, 0.1) is 0 Å². The fraction of sp³-hybridized carbons (Fsp3) is 0.111. The van der Waals surface area contributed by atoms with Crippen molar-refractivity contribution in [1.82, 2.24) is 0 Å². The molecule has 0 aliphatic carbocycles. The van der Waals surface area contributed by atoms with Gasteiger partial charge in [-0.3, -0.25) is 0 Å². The second-order valence-corrected chi connectivity index (χ2v) is 6.72. The summed E-state index contributed by atoms with van der Waals surface area (Å²) in [6, 6.07) is 12.8. The summed E-state index contributed by atoms with van der Waals surface area (Å²) < 4.78 is 39.4. The zero-order chi connectivity index (χ0) is 18.2. The summed E-state index contributed by atoms with van der Waals surface area (Å²) >= 11 is 6.96. The molecule has 0 saturated heterocycles. The molecule has 0 spiro atoms. The minimum atomic E-state index is -4.57. The molecule has 3 rings (SSSR count). The third-order valence-corrected chi connectivity index (χ3v) is 5.28. The first-order chi connectivity index (χ1) is 11.8. The van der Waals surface area contributed by atoms with Crippen LogP contribution in [0.5, 0.6) is 5.75 Å². The number of nitrogens with one attached hydrogen (secondary N) is 1. The Hall–Kier alpha value is -2.18. The zero-order valence-corrected chi connectivity index (χ0v) is 14.6. The largest absolute Gasteiger partial charge is 0.506 e. The van der Waals surface area contributed by atoms with Gasteiger partial charge in [-0.2, -0.15) is 13.2 Å². The maximum Gasteiger partial charge on any atom is 0.417 e. The third-order valence-electron chi connectivity index (χ3n) is 3.71. The van der Waals surface area contributed by atoms with Crippen LogP contribution in [0.2, 0.25) is 5.02 Å². The predicted octanol–water partition coefficient (Wildman–Crippen LogP) is 6.50. The number of hydrogen-bond donors (Lipinski definition) is 2. The summed E-state index contributed by atoms with van der Waals surface area (Å²) in [5.41, 5.74) is 0.434. The monoisotopic (exact) mass is 383 g/mol. The van der Waals surface area contributed by atoms with Gasteiger partial charge in [0.25, 0.3) is 0 Å². The minimum absolute atomic E-state index is 0.0593. The maximum absolute atomic E-state index is 13.1. The van der Waals surface area contributed by atoms with E-state index in [-0.39, 0.29) is 16.3 Å². The van der Waals surface area contributed by atoms with Crippen LogP contribution in [0.25, 0.3) is 21.6 Å². The molecular weight excluding hydrogens is 371 g/mol. The van der Waals surface area contributed by atoms with Crippen molar-refractivity contribution >= 4 is 27.9 Å². The molecule has 2 aromatic carbocycles. The Morgan fingerprint density at radius 3 is 2.32 bits per heavy atom. The molecule has 1 aromatic heterocycles. The van der Waals surface area contributed by atoms with E-state index in [9.17, 15) is 18.3 Å². The lowest BCUT2D eigenvalue weighted by Gasteiger charge is -2.12.